The highest BCUT2D eigenvalue weighted by molar-refractivity contribution is 5.53. The minimum atomic E-state index is -0.201. The SMILES string of the molecule is CCC(Nc1c(C)n[nH]c1C)c1cccc(F)c1. The fourth-order valence-corrected chi connectivity index (χ4v) is 2.08. The van der Waals surface area contributed by atoms with Crippen molar-refractivity contribution in [2.45, 2.75) is 33.2 Å². The number of rotatable bonds is 4. The van der Waals surface area contributed by atoms with Crippen LogP contribution in [-0.2, 0) is 0 Å². The zero-order chi connectivity index (χ0) is 13.1. The van der Waals surface area contributed by atoms with Crippen LogP contribution in [0.4, 0.5) is 10.1 Å². The van der Waals surface area contributed by atoms with Crippen LogP contribution in [0.5, 0.6) is 0 Å². The highest BCUT2D eigenvalue weighted by Crippen LogP contribution is 2.26. The highest BCUT2D eigenvalue weighted by Gasteiger charge is 2.14. The molecule has 4 heteroatoms. The van der Waals surface area contributed by atoms with Gasteiger partial charge in [-0.3, -0.25) is 5.10 Å². The van der Waals surface area contributed by atoms with E-state index in [4.69, 9.17) is 0 Å². The highest BCUT2D eigenvalue weighted by atomic mass is 19.1. The third kappa shape index (κ3) is 2.53. The summed E-state index contributed by atoms with van der Waals surface area (Å²) in [6, 6.07) is 6.81. The average Bonchev–Trinajstić information content (AvgIpc) is 2.66. The largest absolute Gasteiger partial charge is 0.375 e. The number of hydrogen-bond donors (Lipinski definition) is 2. The van der Waals surface area contributed by atoms with E-state index in [1.54, 1.807) is 12.1 Å². The molecule has 2 rings (SSSR count). The molecule has 3 nitrogen and oxygen atoms in total. The number of hydrogen-bond acceptors (Lipinski definition) is 2. The second kappa shape index (κ2) is 5.21. The van der Waals surface area contributed by atoms with Gasteiger partial charge in [-0.15, -0.1) is 0 Å². The van der Waals surface area contributed by atoms with Gasteiger partial charge in [0.15, 0.2) is 0 Å². The van der Waals surface area contributed by atoms with Gasteiger partial charge in [-0.25, -0.2) is 4.39 Å². The van der Waals surface area contributed by atoms with Crippen molar-refractivity contribution in [3.8, 4) is 0 Å². The molecular formula is C14H18FN3. The summed E-state index contributed by atoms with van der Waals surface area (Å²) in [6.07, 6.45) is 0.882. The Morgan fingerprint density at radius 1 is 1.39 bits per heavy atom. The number of benzene rings is 1. The van der Waals surface area contributed by atoms with E-state index < -0.39 is 0 Å². The number of halogens is 1. The Balaban J connectivity index is 2.25. The normalized spacial score (nSPS) is 12.4. The Kier molecular flexibility index (Phi) is 3.65. The predicted octanol–water partition coefficient (Wildman–Crippen LogP) is 3.73. The third-order valence-electron chi connectivity index (χ3n) is 3.11. The van der Waals surface area contributed by atoms with E-state index in [0.717, 1.165) is 29.1 Å². The Labute approximate surface area is 106 Å². The first-order valence-corrected chi connectivity index (χ1v) is 6.15. The molecular weight excluding hydrogens is 229 g/mol. The van der Waals surface area contributed by atoms with Crippen LogP contribution in [0, 0.1) is 19.7 Å². The van der Waals surface area contributed by atoms with Gasteiger partial charge >= 0.3 is 0 Å². The molecule has 0 amide bonds. The number of H-pyrrole nitrogens is 1. The van der Waals surface area contributed by atoms with E-state index >= 15 is 0 Å². The van der Waals surface area contributed by atoms with Gasteiger partial charge in [0.05, 0.1) is 23.1 Å². The van der Waals surface area contributed by atoms with E-state index in [1.807, 2.05) is 19.9 Å². The van der Waals surface area contributed by atoms with Gasteiger partial charge in [0.25, 0.3) is 0 Å². The smallest absolute Gasteiger partial charge is 0.123 e. The van der Waals surface area contributed by atoms with Crippen molar-refractivity contribution in [1.82, 2.24) is 10.2 Å². The van der Waals surface area contributed by atoms with Crippen molar-refractivity contribution in [2.24, 2.45) is 0 Å². The molecule has 0 saturated carbocycles. The first-order chi connectivity index (χ1) is 8.61. The minimum Gasteiger partial charge on any atom is -0.375 e. The lowest BCUT2D eigenvalue weighted by molar-refractivity contribution is 0.620. The minimum absolute atomic E-state index is 0.0932. The molecule has 0 bridgehead atoms. The van der Waals surface area contributed by atoms with Gasteiger partial charge in [-0.1, -0.05) is 19.1 Å². The average molecular weight is 247 g/mol. The van der Waals surface area contributed by atoms with Gasteiger partial charge in [-0.05, 0) is 38.0 Å². The van der Waals surface area contributed by atoms with Crippen molar-refractivity contribution in [3.63, 3.8) is 0 Å². The van der Waals surface area contributed by atoms with E-state index in [1.165, 1.54) is 6.07 Å². The lowest BCUT2D eigenvalue weighted by atomic mass is 10.0. The van der Waals surface area contributed by atoms with Crippen molar-refractivity contribution in [3.05, 3.63) is 47.0 Å². The van der Waals surface area contributed by atoms with Gasteiger partial charge < -0.3 is 5.32 Å². The molecule has 1 heterocycles. The van der Waals surface area contributed by atoms with Gasteiger partial charge in [0.1, 0.15) is 5.82 Å². The molecule has 0 fully saturated rings. The number of aromatic amines is 1. The van der Waals surface area contributed by atoms with Crippen LogP contribution in [0.1, 0.15) is 36.3 Å². The predicted molar refractivity (Wildman–Crippen MR) is 71.1 cm³/mol. The van der Waals surface area contributed by atoms with Gasteiger partial charge in [-0.2, -0.15) is 5.10 Å². The number of aromatic nitrogens is 2. The van der Waals surface area contributed by atoms with Gasteiger partial charge in [0.2, 0.25) is 0 Å². The van der Waals surface area contributed by atoms with Crippen LogP contribution >= 0.6 is 0 Å². The Hall–Kier alpha value is -1.84. The number of nitrogens with one attached hydrogen (secondary N) is 2. The molecule has 96 valence electrons. The van der Waals surface area contributed by atoms with Crippen LogP contribution in [0.15, 0.2) is 24.3 Å². The summed E-state index contributed by atoms with van der Waals surface area (Å²) in [5.74, 6) is -0.201. The molecule has 0 spiro atoms. The van der Waals surface area contributed by atoms with Crippen LogP contribution in [0.25, 0.3) is 0 Å². The molecule has 1 aromatic carbocycles. The maximum Gasteiger partial charge on any atom is 0.123 e. The van der Waals surface area contributed by atoms with Crippen molar-refractivity contribution in [1.29, 1.82) is 0 Å². The topological polar surface area (TPSA) is 40.7 Å². The maximum atomic E-state index is 13.3. The summed E-state index contributed by atoms with van der Waals surface area (Å²) in [5.41, 5.74) is 3.90. The number of nitrogens with zero attached hydrogens (tertiary/aromatic N) is 1. The monoisotopic (exact) mass is 247 g/mol. The first kappa shape index (κ1) is 12.6. The third-order valence-corrected chi connectivity index (χ3v) is 3.11. The van der Waals surface area contributed by atoms with Crippen LogP contribution in [0.3, 0.4) is 0 Å². The summed E-state index contributed by atoms with van der Waals surface area (Å²) >= 11 is 0. The summed E-state index contributed by atoms with van der Waals surface area (Å²) in [6.45, 7) is 6.00. The lowest BCUT2D eigenvalue weighted by Gasteiger charge is -2.19. The van der Waals surface area contributed by atoms with Crippen molar-refractivity contribution in [2.75, 3.05) is 5.32 Å². The molecule has 1 atom stereocenters. The molecule has 0 radical (unpaired) electrons. The molecule has 2 aromatic rings. The van der Waals surface area contributed by atoms with Gasteiger partial charge in [0, 0.05) is 0 Å². The molecule has 0 aliphatic rings. The fraction of sp³-hybridized carbons (Fsp3) is 0.357. The Morgan fingerprint density at radius 3 is 2.72 bits per heavy atom. The summed E-state index contributed by atoms with van der Waals surface area (Å²) in [4.78, 5) is 0. The molecule has 2 N–H and O–H groups in total. The molecule has 0 aliphatic heterocycles. The van der Waals surface area contributed by atoms with E-state index in [0.29, 0.717) is 0 Å². The second-order valence-electron chi connectivity index (χ2n) is 4.47. The Bertz CT molecular complexity index is 514. The van der Waals surface area contributed by atoms with Crippen molar-refractivity contribution < 1.29 is 4.39 Å². The van der Waals surface area contributed by atoms with Crippen molar-refractivity contribution >= 4 is 5.69 Å². The molecule has 0 saturated heterocycles. The Morgan fingerprint density at radius 2 is 2.17 bits per heavy atom. The zero-order valence-electron chi connectivity index (χ0n) is 10.9. The number of anilines is 1. The second-order valence-corrected chi connectivity index (χ2v) is 4.47. The zero-order valence-corrected chi connectivity index (χ0v) is 10.9. The van der Waals surface area contributed by atoms with Crippen LogP contribution in [0.2, 0.25) is 0 Å². The summed E-state index contributed by atoms with van der Waals surface area (Å²) in [7, 11) is 0. The van der Waals surface area contributed by atoms with E-state index in [9.17, 15) is 4.39 Å². The molecule has 0 aliphatic carbocycles. The van der Waals surface area contributed by atoms with Crippen LogP contribution in [-0.4, -0.2) is 10.2 Å². The van der Waals surface area contributed by atoms with Crippen LogP contribution < -0.4 is 5.32 Å². The maximum absolute atomic E-state index is 13.3. The first-order valence-electron chi connectivity index (χ1n) is 6.15. The summed E-state index contributed by atoms with van der Waals surface area (Å²) in [5, 5.41) is 10.5. The summed E-state index contributed by atoms with van der Waals surface area (Å²) < 4.78 is 13.3. The molecule has 1 aromatic heterocycles. The molecule has 18 heavy (non-hydrogen) atoms. The standard InChI is InChI=1S/C14H18FN3/c1-4-13(11-6-5-7-12(15)8-11)16-14-9(2)17-18-10(14)3/h5-8,13,16H,4H2,1-3H3,(H,17,18). The fourth-order valence-electron chi connectivity index (χ4n) is 2.08. The lowest BCUT2D eigenvalue weighted by Crippen LogP contribution is -2.11. The quantitative estimate of drug-likeness (QED) is 0.864. The molecule has 1 unspecified atom stereocenters. The number of aryl methyl sites for hydroxylation is 2. The van der Waals surface area contributed by atoms with E-state index in [-0.39, 0.29) is 11.9 Å². The van der Waals surface area contributed by atoms with E-state index in [2.05, 4.69) is 22.4 Å².